The number of carbonyl (C=O) groups excluding carboxylic acids is 1. The van der Waals surface area contributed by atoms with Crippen molar-refractivity contribution in [1.82, 2.24) is 0 Å². The van der Waals surface area contributed by atoms with E-state index in [2.05, 4.69) is 13.8 Å². The van der Waals surface area contributed by atoms with Gasteiger partial charge in [0.2, 0.25) is 0 Å². The molecule has 0 aliphatic rings. The number of hydrogen-bond donors (Lipinski definition) is 1. The van der Waals surface area contributed by atoms with Gasteiger partial charge >= 0.3 is 5.97 Å². The molecule has 0 heterocycles. The minimum atomic E-state index is -1.05. The Morgan fingerprint density at radius 3 is 2.17 bits per heavy atom. The van der Waals surface area contributed by atoms with E-state index in [1.54, 1.807) is 30.8 Å². The maximum absolute atomic E-state index is 12.0. The molecule has 0 aromatic heterocycles. The Hall–Kier alpha value is -1.29. The molecule has 0 aliphatic carbocycles. The number of hydrogen-bond acceptors (Lipinski definition) is 3. The number of aliphatic carboxylic acids is 1. The van der Waals surface area contributed by atoms with Crippen LogP contribution in [0.1, 0.15) is 37.6 Å². The number of carboxylic acids is 1. The van der Waals surface area contributed by atoms with E-state index in [1.165, 1.54) is 0 Å². The van der Waals surface area contributed by atoms with Crippen molar-refractivity contribution in [3.05, 3.63) is 29.8 Å². The molecule has 98 valence electrons. The smallest absolute Gasteiger partial charge is 0.314 e. The molecule has 0 spiro atoms. The van der Waals surface area contributed by atoms with Crippen molar-refractivity contribution in [2.75, 3.05) is 0 Å². The van der Waals surface area contributed by atoms with Gasteiger partial charge in [-0.25, -0.2) is 0 Å². The SMILES string of the molecule is CCC(C(=O)O)C(=O)c1ccc(SC(C)C)cc1. The van der Waals surface area contributed by atoms with Crippen LogP contribution >= 0.6 is 11.8 Å². The first-order chi connectivity index (χ1) is 8.45. The lowest BCUT2D eigenvalue weighted by atomic mass is 9.95. The highest BCUT2D eigenvalue weighted by Gasteiger charge is 2.25. The molecular formula is C14H18O3S. The second kappa shape index (κ2) is 6.59. The summed E-state index contributed by atoms with van der Waals surface area (Å²) in [7, 11) is 0. The summed E-state index contributed by atoms with van der Waals surface area (Å²) < 4.78 is 0. The maximum atomic E-state index is 12.0. The van der Waals surface area contributed by atoms with E-state index >= 15 is 0 Å². The summed E-state index contributed by atoms with van der Waals surface area (Å²) in [6.45, 7) is 5.90. The molecule has 0 saturated carbocycles. The first-order valence-corrected chi connectivity index (χ1v) is 6.87. The topological polar surface area (TPSA) is 54.4 Å². The van der Waals surface area contributed by atoms with Gasteiger partial charge in [-0.1, -0.05) is 32.9 Å². The van der Waals surface area contributed by atoms with Gasteiger partial charge in [-0.15, -0.1) is 11.8 Å². The van der Waals surface area contributed by atoms with Crippen molar-refractivity contribution < 1.29 is 14.7 Å². The number of benzene rings is 1. The van der Waals surface area contributed by atoms with Gasteiger partial charge in [-0.3, -0.25) is 9.59 Å². The van der Waals surface area contributed by atoms with Gasteiger partial charge in [0.1, 0.15) is 5.92 Å². The lowest BCUT2D eigenvalue weighted by Gasteiger charge is -2.09. The molecule has 0 fully saturated rings. The van der Waals surface area contributed by atoms with Crippen LogP contribution in [-0.4, -0.2) is 22.1 Å². The Balaban J connectivity index is 2.84. The molecule has 1 atom stereocenters. The number of carboxylic acid groups (broad SMARTS) is 1. The zero-order valence-corrected chi connectivity index (χ0v) is 11.7. The minimum Gasteiger partial charge on any atom is -0.481 e. The summed E-state index contributed by atoms with van der Waals surface area (Å²) in [6.07, 6.45) is 0.316. The van der Waals surface area contributed by atoms with Crippen LogP contribution in [0.5, 0.6) is 0 Å². The van der Waals surface area contributed by atoms with Gasteiger partial charge in [0.05, 0.1) is 0 Å². The molecule has 1 N–H and O–H groups in total. The largest absolute Gasteiger partial charge is 0.481 e. The molecule has 0 saturated heterocycles. The quantitative estimate of drug-likeness (QED) is 0.486. The highest BCUT2D eigenvalue weighted by Crippen LogP contribution is 2.24. The molecule has 0 bridgehead atoms. The molecule has 18 heavy (non-hydrogen) atoms. The zero-order chi connectivity index (χ0) is 13.7. The van der Waals surface area contributed by atoms with Crippen LogP contribution in [0, 0.1) is 5.92 Å². The van der Waals surface area contributed by atoms with E-state index in [1.807, 2.05) is 12.1 Å². The van der Waals surface area contributed by atoms with Crippen LogP contribution in [0.15, 0.2) is 29.2 Å². The van der Waals surface area contributed by atoms with Crippen molar-refractivity contribution in [3.8, 4) is 0 Å². The fourth-order valence-corrected chi connectivity index (χ4v) is 2.48. The molecule has 0 amide bonds. The summed E-state index contributed by atoms with van der Waals surface area (Å²) in [5.41, 5.74) is 0.470. The molecule has 1 unspecified atom stereocenters. The van der Waals surface area contributed by atoms with Crippen LogP contribution in [0.25, 0.3) is 0 Å². The number of carbonyl (C=O) groups is 2. The van der Waals surface area contributed by atoms with E-state index in [9.17, 15) is 9.59 Å². The predicted octanol–water partition coefficient (Wildman–Crippen LogP) is 3.48. The number of rotatable bonds is 6. The van der Waals surface area contributed by atoms with Crippen molar-refractivity contribution in [2.45, 2.75) is 37.3 Å². The summed E-state index contributed by atoms with van der Waals surface area (Å²) >= 11 is 1.71. The van der Waals surface area contributed by atoms with E-state index in [0.717, 1.165) is 4.90 Å². The van der Waals surface area contributed by atoms with E-state index in [0.29, 0.717) is 17.2 Å². The van der Waals surface area contributed by atoms with Gasteiger partial charge in [0, 0.05) is 15.7 Å². The Morgan fingerprint density at radius 1 is 1.22 bits per heavy atom. The summed E-state index contributed by atoms with van der Waals surface area (Å²) in [6, 6.07) is 7.15. The molecule has 0 aliphatic heterocycles. The minimum absolute atomic E-state index is 0.314. The summed E-state index contributed by atoms with van der Waals surface area (Å²) in [4.78, 5) is 24.0. The zero-order valence-electron chi connectivity index (χ0n) is 10.8. The van der Waals surface area contributed by atoms with E-state index < -0.39 is 11.9 Å². The third-order valence-electron chi connectivity index (χ3n) is 2.53. The third-order valence-corrected chi connectivity index (χ3v) is 3.55. The molecule has 4 heteroatoms. The summed E-state index contributed by atoms with van der Waals surface area (Å²) in [5, 5.41) is 9.43. The first-order valence-electron chi connectivity index (χ1n) is 5.99. The second-order valence-corrected chi connectivity index (χ2v) is 6.00. The highest BCUT2D eigenvalue weighted by molar-refractivity contribution is 7.99. The van der Waals surface area contributed by atoms with Crippen molar-refractivity contribution >= 4 is 23.5 Å². The van der Waals surface area contributed by atoms with Crippen LogP contribution in [0.2, 0.25) is 0 Å². The normalized spacial score (nSPS) is 12.4. The van der Waals surface area contributed by atoms with Gasteiger partial charge in [-0.2, -0.15) is 0 Å². The predicted molar refractivity (Wildman–Crippen MR) is 73.2 cm³/mol. The van der Waals surface area contributed by atoms with Gasteiger partial charge in [0.25, 0.3) is 0 Å². The average molecular weight is 266 g/mol. The molecule has 3 nitrogen and oxygen atoms in total. The van der Waals surface area contributed by atoms with Crippen molar-refractivity contribution in [1.29, 1.82) is 0 Å². The molecule has 0 radical (unpaired) electrons. The monoisotopic (exact) mass is 266 g/mol. The van der Waals surface area contributed by atoms with Gasteiger partial charge in [0.15, 0.2) is 5.78 Å². The first kappa shape index (κ1) is 14.8. The van der Waals surface area contributed by atoms with Crippen LogP contribution in [-0.2, 0) is 4.79 Å². The lowest BCUT2D eigenvalue weighted by molar-refractivity contribution is -0.140. The Bertz CT molecular complexity index is 423. The fraction of sp³-hybridized carbons (Fsp3) is 0.429. The molecule has 1 aromatic rings. The number of Topliss-reactive ketones (excluding diaryl/α,β-unsaturated/α-hetero) is 1. The number of ketones is 1. The van der Waals surface area contributed by atoms with E-state index in [4.69, 9.17) is 5.11 Å². The average Bonchev–Trinajstić information content (AvgIpc) is 2.29. The summed E-state index contributed by atoms with van der Waals surface area (Å²) in [5.74, 6) is -2.30. The van der Waals surface area contributed by atoms with Gasteiger partial charge in [-0.05, 0) is 18.6 Å². The fourth-order valence-electron chi connectivity index (χ4n) is 1.64. The Morgan fingerprint density at radius 2 is 1.78 bits per heavy atom. The Labute approximate surface area is 112 Å². The maximum Gasteiger partial charge on any atom is 0.314 e. The Kier molecular flexibility index (Phi) is 5.41. The third kappa shape index (κ3) is 3.88. The van der Waals surface area contributed by atoms with Crippen molar-refractivity contribution in [3.63, 3.8) is 0 Å². The van der Waals surface area contributed by atoms with Crippen molar-refractivity contribution in [2.24, 2.45) is 5.92 Å². The van der Waals surface area contributed by atoms with Crippen LogP contribution in [0.4, 0.5) is 0 Å². The molecule has 1 aromatic carbocycles. The van der Waals surface area contributed by atoms with E-state index in [-0.39, 0.29) is 5.78 Å². The van der Waals surface area contributed by atoms with Crippen LogP contribution in [0.3, 0.4) is 0 Å². The number of thioether (sulfide) groups is 1. The highest BCUT2D eigenvalue weighted by atomic mass is 32.2. The second-order valence-electron chi connectivity index (χ2n) is 4.35. The van der Waals surface area contributed by atoms with Crippen LogP contribution < -0.4 is 0 Å². The molecule has 1 rings (SSSR count). The van der Waals surface area contributed by atoms with Gasteiger partial charge < -0.3 is 5.11 Å². The molecular weight excluding hydrogens is 248 g/mol. The standard InChI is InChI=1S/C14H18O3S/c1-4-12(14(16)17)13(15)10-5-7-11(8-6-10)18-9(2)3/h5-9,12H,4H2,1-3H3,(H,16,17). The lowest BCUT2D eigenvalue weighted by Crippen LogP contribution is -2.23.